The number of aliphatic hydroxyl groups is 1. The number of hydrogen-bond donors (Lipinski definition) is 2. The van der Waals surface area contributed by atoms with E-state index in [1.54, 1.807) is 36.7 Å². The maximum atomic E-state index is 13.1. The zero-order valence-corrected chi connectivity index (χ0v) is 18.9. The van der Waals surface area contributed by atoms with Gasteiger partial charge in [0, 0.05) is 29.9 Å². The van der Waals surface area contributed by atoms with Crippen molar-refractivity contribution in [2.75, 3.05) is 27.4 Å². The van der Waals surface area contributed by atoms with Crippen LogP contribution in [-0.2, 0) is 0 Å². The van der Waals surface area contributed by atoms with E-state index >= 15 is 0 Å². The summed E-state index contributed by atoms with van der Waals surface area (Å²) in [5, 5.41) is 13.9. The maximum absolute atomic E-state index is 13.1. The molecule has 34 heavy (non-hydrogen) atoms. The van der Waals surface area contributed by atoms with Gasteiger partial charge < -0.3 is 24.6 Å². The number of methoxy groups -OCH3 is 2. The van der Waals surface area contributed by atoms with Gasteiger partial charge in [-0.15, -0.1) is 0 Å². The van der Waals surface area contributed by atoms with E-state index in [1.165, 1.54) is 14.2 Å². The Morgan fingerprint density at radius 2 is 1.79 bits per heavy atom. The summed E-state index contributed by atoms with van der Waals surface area (Å²) in [5.74, 6) is 1.04. The molecule has 1 unspecified atom stereocenters. The molecule has 4 rings (SSSR count). The van der Waals surface area contributed by atoms with Crippen LogP contribution in [0, 0.1) is 0 Å². The minimum Gasteiger partial charge on any atom is -0.493 e. The average molecular weight is 460 g/mol. The van der Waals surface area contributed by atoms with Crippen LogP contribution in [0.1, 0.15) is 10.4 Å². The Kier molecular flexibility index (Phi) is 7.19. The molecule has 8 heteroatoms. The fourth-order valence-electron chi connectivity index (χ4n) is 3.53. The van der Waals surface area contributed by atoms with Gasteiger partial charge in [0.25, 0.3) is 5.91 Å². The molecule has 0 aliphatic heterocycles. The monoisotopic (exact) mass is 459 g/mol. The third kappa shape index (κ3) is 5.07. The third-order valence-electron chi connectivity index (χ3n) is 5.22. The second kappa shape index (κ2) is 10.6. The first-order valence-corrected chi connectivity index (χ1v) is 10.7. The molecule has 0 aliphatic carbocycles. The summed E-state index contributed by atoms with van der Waals surface area (Å²) in [6, 6.07) is 18.1. The predicted octanol–water partition coefficient (Wildman–Crippen LogP) is 3.48. The maximum Gasteiger partial charge on any atom is 0.252 e. The molecule has 0 aliphatic rings. The summed E-state index contributed by atoms with van der Waals surface area (Å²) in [4.78, 5) is 21.9. The SMILES string of the molecule is COc1cccc(OC)c1OCC(O)CNC(=O)c1cc(-c2cccnc2)nc2ccccc12. The number of rotatable bonds is 9. The van der Waals surface area contributed by atoms with Gasteiger partial charge in [0.2, 0.25) is 5.75 Å². The molecule has 174 valence electrons. The van der Waals surface area contributed by atoms with Crippen LogP contribution in [0.5, 0.6) is 17.2 Å². The molecular formula is C26H25N3O5. The van der Waals surface area contributed by atoms with Crippen LogP contribution in [0.25, 0.3) is 22.2 Å². The number of pyridine rings is 2. The van der Waals surface area contributed by atoms with Crippen LogP contribution in [0.15, 0.2) is 73.1 Å². The van der Waals surface area contributed by atoms with Crippen molar-refractivity contribution in [1.29, 1.82) is 0 Å². The lowest BCUT2D eigenvalue weighted by atomic mass is 10.0. The quantitative estimate of drug-likeness (QED) is 0.395. The standard InChI is InChI=1S/C26H25N3O5/c1-32-23-10-5-11-24(33-2)25(23)34-16-18(30)15-28-26(31)20-13-22(17-7-6-12-27-14-17)29-21-9-4-3-8-19(20)21/h3-14,18,30H,15-16H2,1-2H3,(H,28,31). The first kappa shape index (κ1) is 23.0. The first-order chi connectivity index (χ1) is 16.6. The normalized spacial score (nSPS) is 11.6. The van der Waals surface area contributed by atoms with Crippen molar-refractivity contribution >= 4 is 16.8 Å². The highest BCUT2D eigenvalue weighted by atomic mass is 16.5. The van der Waals surface area contributed by atoms with Crippen molar-refractivity contribution in [3.05, 3.63) is 78.6 Å². The molecule has 4 aromatic rings. The number of amides is 1. The van der Waals surface area contributed by atoms with E-state index in [1.807, 2.05) is 36.4 Å². The highest BCUT2D eigenvalue weighted by molar-refractivity contribution is 6.07. The molecular weight excluding hydrogens is 434 g/mol. The number of ether oxygens (including phenoxy) is 3. The van der Waals surface area contributed by atoms with Crippen molar-refractivity contribution in [2.45, 2.75) is 6.10 Å². The Morgan fingerprint density at radius 1 is 1.03 bits per heavy atom. The van der Waals surface area contributed by atoms with Gasteiger partial charge in [-0.2, -0.15) is 0 Å². The molecule has 2 heterocycles. The molecule has 1 amide bonds. The van der Waals surface area contributed by atoms with Crippen LogP contribution < -0.4 is 19.5 Å². The summed E-state index contributed by atoms with van der Waals surface area (Å²) in [6.07, 6.45) is 2.43. The predicted molar refractivity (Wildman–Crippen MR) is 128 cm³/mol. The van der Waals surface area contributed by atoms with Gasteiger partial charge in [-0.1, -0.05) is 24.3 Å². The number of aliphatic hydroxyl groups excluding tert-OH is 1. The molecule has 2 aromatic heterocycles. The van der Waals surface area contributed by atoms with Gasteiger partial charge >= 0.3 is 0 Å². The number of nitrogens with zero attached hydrogens (tertiary/aromatic N) is 2. The Hall–Kier alpha value is -4.17. The minimum absolute atomic E-state index is 0.00479. The van der Waals surface area contributed by atoms with Crippen molar-refractivity contribution in [3.63, 3.8) is 0 Å². The number of nitrogens with one attached hydrogen (secondary N) is 1. The number of fused-ring (bicyclic) bond motifs is 1. The van der Waals surface area contributed by atoms with E-state index in [0.717, 1.165) is 10.9 Å². The van der Waals surface area contributed by atoms with Crippen LogP contribution >= 0.6 is 0 Å². The smallest absolute Gasteiger partial charge is 0.252 e. The van der Waals surface area contributed by atoms with Gasteiger partial charge in [-0.25, -0.2) is 4.98 Å². The summed E-state index contributed by atoms with van der Waals surface area (Å²) in [6.45, 7) is -0.0653. The molecule has 0 radical (unpaired) electrons. The van der Waals surface area contributed by atoms with E-state index in [0.29, 0.717) is 34.0 Å². The Bertz CT molecular complexity index is 1260. The van der Waals surface area contributed by atoms with Crippen molar-refractivity contribution in [2.24, 2.45) is 0 Å². The lowest BCUT2D eigenvalue weighted by Crippen LogP contribution is -2.35. The molecule has 0 saturated heterocycles. The van der Waals surface area contributed by atoms with Crippen molar-refractivity contribution < 1.29 is 24.1 Å². The lowest BCUT2D eigenvalue weighted by Gasteiger charge is -2.17. The van der Waals surface area contributed by atoms with Gasteiger partial charge in [-0.3, -0.25) is 9.78 Å². The van der Waals surface area contributed by atoms with Gasteiger partial charge in [0.05, 0.1) is 31.0 Å². The van der Waals surface area contributed by atoms with E-state index in [-0.39, 0.29) is 19.1 Å². The van der Waals surface area contributed by atoms with E-state index < -0.39 is 6.10 Å². The van der Waals surface area contributed by atoms with Crippen LogP contribution in [-0.4, -0.2) is 54.5 Å². The van der Waals surface area contributed by atoms with Gasteiger partial charge in [-0.05, 0) is 36.4 Å². The second-order valence-corrected chi connectivity index (χ2v) is 7.48. The summed E-state index contributed by atoms with van der Waals surface area (Å²) >= 11 is 0. The molecule has 0 fully saturated rings. The largest absolute Gasteiger partial charge is 0.493 e. The summed E-state index contributed by atoms with van der Waals surface area (Å²) in [5.41, 5.74) is 2.61. The first-order valence-electron chi connectivity index (χ1n) is 10.7. The number of carbonyl (C=O) groups is 1. The van der Waals surface area contributed by atoms with Gasteiger partial charge in [0.15, 0.2) is 11.5 Å². The zero-order chi connectivity index (χ0) is 23.9. The zero-order valence-electron chi connectivity index (χ0n) is 18.9. The molecule has 0 saturated carbocycles. The number of aromatic nitrogens is 2. The molecule has 0 spiro atoms. The highest BCUT2D eigenvalue weighted by Gasteiger charge is 2.17. The number of carbonyl (C=O) groups excluding carboxylic acids is 1. The molecule has 2 aromatic carbocycles. The number of benzene rings is 2. The molecule has 0 bridgehead atoms. The topological polar surface area (TPSA) is 103 Å². The highest BCUT2D eigenvalue weighted by Crippen LogP contribution is 2.36. The molecule has 1 atom stereocenters. The Labute approximate surface area is 197 Å². The summed E-state index contributed by atoms with van der Waals surface area (Å²) < 4.78 is 16.3. The van der Waals surface area contributed by atoms with Crippen molar-refractivity contribution in [1.82, 2.24) is 15.3 Å². The number of hydrogen-bond acceptors (Lipinski definition) is 7. The van der Waals surface area contributed by atoms with Crippen molar-refractivity contribution in [3.8, 4) is 28.5 Å². The third-order valence-corrected chi connectivity index (χ3v) is 5.22. The van der Waals surface area contributed by atoms with E-state index in [4.69, 9.17) is 14.2 Å². The second-order valence-electron chi connectivity index (χ2n) is 7.48. The molecule has 8 nitrogen and oxygen atoms in total. The van der Waals surface area contributed by atoms with Crippen LogP contribution in [0.4, 0.5) is 0 Å². The minimum atomic E-state index is -0.954. The Balaban J connectivity index is 1.48. The average Bonchev–Trinajstić information content (AvgIpc) is 2.90. The van der Waals surface area contributed by atoms with Crippen LogP contribution in [0.3, 0.4) is 0 Å². The fourth-order valence-corrected chi connectivity index (χ4v) is 3.53. The number of para-hydroxylation sites is 2. The van der Waals surface area contributed by atoms with E-state index in [2.05, 4.69) is 15.3 Å². The lowest BCUT2D eigenvalue weighted by molar-refractivity contribution is 0.0835. The van der Waals surface area contributed by atoms with Crippen LogP contribution in [0.2, 0.25) is 0 Å². The molecule has 2 N–H and O–H groups in total. The van der Waals surface area contributed by atoms with Gasteiger partial charge in [0.1, 0.15) is 12.7 Å². The summed E-state index contributed by atoms with van der Waals surface area (Å²) in [7, 11) is 3.05. The Morgan fingerprint density at radius 3 is 2.50 bits per heavy atom. The van der Waals surface area contributed by atoms with E-state index in [9.17, 15) is 9.90 Å². The fraction of sp³-hybridized carbons (Fsp3) is 0.192.